The molecule has 0 amide bonds. The molecule has 2 aromatic rings. The number of hydrogen-bond donors (Lipinski definition) is 0. The third kappa shape index (κ3) is 4.33. The van der Waals surface area contributed by atoms with Crippen LogP contribution in [-0.2, 0) is 6.18 Å². The third-order valence-corrected chi connectivity index (χ3v) is 4.73. The third-order valence-electron chi connectivity index (χ3n) is 2.88. The fourth-order valence-corrected chi connectivity index (χ4v) is 3.32. The maximum atomic E-state index is 12.9. The van der Waals surface area contributed by atoms with Crippen molar-refractivity contribution >= 4 is 46.3 Å². The molecule has 25 heavy (non-hydrogen) atoms. The lowest BCUT2D eigenvalue weighted by atomic mass is 10.1. The largest absolute Gasteiger partial charge is 0.416 e. The Bertz CT molecular complexity index is 842. The van der Waals surface area contributed by atoms with Crippen LogP contribution in [0.15, 0.2) is 40.1 Å². The number of nitro groups is 2. The zero-order valence-electron chi connectivity index (χ0n) is 11.7. The summed E-state index contributed by atoms with van der Waals surface area (Å²) >= 11 is 12.2. The molecule has 2 rings (SSSR count). The molecule has 2 aromatic carbocycles. The minimum atomic E-state index is -4.98. The van der Waals surface area contributed by atoms with Gasteiger partial charge < -0.3 is 0 Å². The normalized spacial score (nSPS) is 11.4. The lowest BCUT2D eigenvalue weighted by Gasteiger charge is -2.10. The molecule has 0 saturated heterocycles. The van der Waals surface area contributed by atoms with Gasteiger partial charge in [0, 0.05) is 22.1 Å². The minimum Gasteiger partial charge on any atom is -0.258 e. The molecule has 0 bridgehead atoms. The van der Waals surface area contributed by atoms with E-state index in [1.165, 1.54) is 18.2 Å². The first-order valence-corrected chi connectivity index (χ1v) is 7.75. The highest BCUT2D eigenvalue weighted by Crippen LogP contribution is 2.46. The molecule has 0 aliphatic rings. The van der Waals surface area contributed by atoms with Crippen LogP contribution in [0.4, 0.5) is 24.5 Å². The number of hydrogen-bond acceptors (Lipinski definition) is 5. The van der Waals surface area contributed by atoms with Crippen molar-refractivity contribution in [2.24, 2.45) is 0 Å². The van der Waals surface area contributed by atoms with Gasteiger partial charge >= 0.3 is 6.18 Å². The molecule has 0 aliphatic heterocycles. The van der Waals surface area contributed by atoms with Gasteiger partial charge in [0.25, 0.3) is 11.4 Å². The summed E-state index contributed by atoms with van der Waals surface area (Å²) < 4.78 is 38.6. The second kappa shape index (κ2) is 7.06. The number of halogens is 5. The molecule has 6 nitrogen and oxygen atoms in total. The Labute approximate surface area is 151 Å². The van der Waals surface area contributed by atoms with E-state index in [0.717, 1.165) is 0 Å². The molecule has 0 saturated carbocycles. The van der Waals surface area contributed by atoms with Crippen LogP contribution in [0.1, 0.15) is 5.56 Å². The minimum absolute atomic E-state index is 0.0426. The Morgan fingerprint density at radius 3 is 1.88 bits per heavy atom. The van der Waals surface area contributed by atoms with Crippen molar-refractivity contribution in [2.75, 3.05) is 0 Å². The number of rotatable bonds is 4. The number of nitrogens with zero attached hydrogens (tertiary/aromatic N) is 2. The number of nitro benzene ring substituents is 2. The molecule has 0 spiro atoms. The van der Waals surface area contributed by atoms with Crippen LogP contribution < -0.4 is 0 Å². The molecule has 0 fully saturated rings. The first kappa shape index (κ1) is 19.3. The van der Waals surface area contributed by atoms with Crippen LogP contribution in [0, 0.1) is 20.2 Å². The first-order chi connectivity index (χ1) is 11.5. The number of benzene rings is 2. The van der Waals surface area contributed by atoms with Crippen LogP contribution in [-0.4, -0.2) is 9.85 Å². The van der Waals surface area contributed by atoms with E-state index in [0.29, 0.717) is 11.8 Å². The van der Waals surface area contributed by atoms with Gasteiger partial charge in [-0.1, -0.05) is 35.0 Å². The predicted molar refractivity (Wildman–Crippen MR) is 85.3 cm³/mol. The zero-order valence-corrected chi connectivity index (χ0v) is 14.0. The molecule has 0 radical (unpaired) electrons. The number of alkyl halides is 3. The van der Waals surface area contributed by atoms with Crippen molar-refractivity contribution in [3.63, 3.8) is 0 Å². The van der Waals surface area contributed by atoms with E-state index in [1.54, 1.807) is 0 Å². The van der Waals surface area contributed by atoms with Crippen molar-refractivity contribution in [1.82, 2.24) is 0 Å². The van der Waals surface area contributed by atoms with Gasteiger partial charge in [0.05, 0.1) is 20.4 Å². The van der Waals surface area contributed by atoms with E-state index in [9.17, 15) is 33.4 Å². The second-order valence-electron chi connectivity index (χ2n) is 4.53. The summed E-state index contributed by atoms with van der Waals surface area (Å²) in [6.07, 6.45) is -4.98. The van der Waals surface area contributed by atoms with Crippen molar-refractivity contribution in [2.45, 2.75) is 16.0 Å². The van der Waals surface area contributed by atoms with Crippen molar-refractivity contribution in [1.29, 1.82) is 0 Å². The summed E-state index contributed by atoms with van der Waals surface area (Å²) in [5.74, 6) is 0. The summed E-state index contributed by atoms with van der Waals surface area (Å²) in [5.41, 5.74) is -3.58. The molecule has 0 aromatic heterocycles. The Morgan fingerprint density at radius 2 is 1.48 bits per heavy atom. The molecule has 0 N–H and O–H groups in total. The van der Waals surface area contributed by atoms with E-state index in [4.69, 9.17) is 23.2 Å². The smallest absolute Gasteiger partial charge is 0.258 e. The lowest BCUT2D eigenvalue weighted by Crippen LogP contribution is -2.08. The van der Waals surface area contributed by atoms with Crippen LogP contribution in [0.2, 0.25) is 10.0 Å². The summed E-state index contributed by atoms with van der Waals surface area (Å²) in [6.45, 7) is 0. The average molecular weight is 413 g/mol. The standard InChI is InChI=1S/C13H5Cl2F3N2O4S/c14-7-1-2-11(8(15)5-7)25-12-9(19(21)22)3-6(13(16,17)18)4-10(12)20(23)24/h1-5H. The highest BCUT2D eigenvalue weighted by Gasteiger charge is 2.38. The Hall–Kier alpha value is -2.04. The summed E-state index contributed by atoms with van der Waals surface area (Å²) in [6, 6.07) is 4.53. The second-order valence-corrected chi connectivity index (χ2v) is 6.43. The summed E-state index contributed by atoms with van der Waals surface area (Å²) in [4.78, 5) is 19.7. The lowest BCUT2D eigenvalue weighted by molar-refractivity contribution is -0.400. The van der Waals surface area contributed by atoms with Gasteiger partial charge in [-0.3, -0.25) is 20.2 Å². The van der Waals surface area contributed by atoms with Gasteiger partial charge in [0.1, 0.15) is 0 Å². The predicted octanol–water partition coefficient (Wildman–Crippen LogP) is 5.98. The van der Waals surface area contributed by atoms with Gasteiger partial charge in [-0.2, -0.15) is 13.2 Å². The van der Waals surface area contributed by atoms with E-state index < -0.39 is 37.9 Å². The highest BCUT2D eigenvalue weighted by atomic mass is 35.5. The van der Waals surface area contributed by atoms with Crippen molar-refractivity contribution in [3.8, 4) is 0 Å². The van der Waals surface area contributed by atoms with Crippen LogP contribution >= 0.6 is 35.0 Å². The maximum Gasteiger partial charge on any atom is 0.416 e. The van der Waals surface area contributed by atoms with Crippen LogP contribution in [0.5, 0.6) is 0 Å². The van der Waals surface area contributed by atoms with Gasteiger partial charge in [-0.15, -0.1) is 0 Å². The van der Waals surface area contributed by atoms with E-state index >= 15 is 0 Å². The van der Waals surface area contributed by atoms with E-state index in [2.05, 4.69) is 0 Å². The SMILES string of the molecule is O=[N+]([O-])c1cc(C(F)(F)F)cc([N+](=O)[O-])c1Sc1ccc(Cl)cc1Cl. The Balaban J connectivity index is 2.70. The Kier molecular flexibility index (Phi) is 5.45. The molecular weight excluding hydrogens is 408 g/mol. The van der Waals surface area contributed by atoms with Gasteiger partial charge in [0.2, 0.25) is 0 Å². The highest BCUT2D eigenvalue weighted by molar-refractivity contribution is 7.99. The van der Waals surface area contributed by atoms with Crippen LogP contribution in [0.25, 0.3) is 0 Å². The monoisotopic (exact) mass is 412 g/mol. The molecule has 0 heterocycles. The quantitative estimate of drug-likeness (QED) is 0.455. The van der Waals surface area contributed by atoms with E-state index in [1.807, 2.05) is 0 Å². The maximum absolute atomic E-state index is 12.9. The fraction of sp³-hybridized carbons (Fsp3) is 0.0769. The van der Waals surface area contributed by atoms with Crippen molar-refractivity contribution in [3.05, 3.63) is 66.2 Å². The molecule has 132 valence electrons. The molecule has 0 unspecified atom stereocenters. The molecule has 12 heteroatoms. The summed E-state index contributed by atoms with van der Waals surface area (Å²) in [5, 5.41) is 22.6. The average Bonchev–Trinajstić information content (AvgIpc) is 2.48. The fourth-order valence-electron chi connectivity index (χ4n) is 1.81. The van der Waals surface area contributed by atoms with Crippen LogP contribution in [0.3, 0.4) is 0 Å². The zero-order chi connectivity index (χ0) is 18.9. The van der Waals surface area contributed by atoms with Gasteiger partial charge in [-0.05, 0) is 18.2 Å². The van der Waals surface area contributed by atoms with E-state index in [-0.39, 0.29) is 27.1 Å². The molecule has 0 atom stereocenters. The first-order valence-electron chi connectivity index (χ1n) is 6.17. The van der Waals surface area contributed by atoms with Gasteiger partial charge in [-0.25, -0.2) is 0 Å². The van der Waals surface area contributed by atoms with Crippen molar-refractivity contribution < 1.29 is 23.0 Å². The molecule has 0 aliphatic carbocycles. The topological polar surface area (TPSA) is 86.3 Å². The van der Waals surface area contributed by atoms with Gasteiger partial charge in [0.15, 0.2) is 4.90 Å². The molecular formula is C13H5Cl2F3N2O4S. The Morgan fingerprint density at radius 1 is 0.960 bits per heavy atom. The summed E-state index contributed by atoms with van der Waals surface area (Å²) in [7, 11) is 0.